The second kappa shape index (κ2) is 8.95. The van der Waals surface area contributed by atoms with Crippen molar-refractivity contribution in [2.75, 3.05) is 18.5 Å². The number of nitrogens with zero attached hydrogens (tertiary/aromatic N) is 1. The molecule has 0 radical (unpaired) electrons. The maximum atomic E-state index is 11.8. The zero-order chi connectivity index (χ0) is 19.1. The standard InChI is InChI=1S/C17H15BrN2O6/c1-11-5-6-14(15(7-11)20(23)24)19-16(21)9-26-17(22)10-25-13-4-2-3-12(18)8-13/h2-8H,9-10H2,1H3,(H,19,21). The quantitative estimate of drug-likeness (QED) is 0.416. The Balaban J connectivity index is 1.83. The molecule has 1 amide bonds. The highest BCUT2D eigenvalue weighted by atomic mass is 79.9. The van der Waals surface area contributed by atoms with Crippen molar-refractivity contribution >= 4 is 39.2 Å². The number of carbonyl (C=O) groups is 2. The van der Waals surface area contributed by atoms with Gasteiger partial charge in [-0.25, -0.2) is 4.79 Å². The van der Waals surface area contributed by atoms with E-state index in [1.54, 1.807) is 37.3 Å². The van der Waals surface area contributed by atoms with Crippen LogP contribution in [0.5, 0.6) is 5.75 Å². The van der Waals surface area contributed by atoms with Crippen LogP contribution in [0.15, 0.2) is 46.9 Å². The lowest BCUT2D eigenvalue weighted by atomic mass is 10.2. The molecule has 0 unspecified atom stereocenters. The van der Waals surface area contributed by atoms with Gasteiger partial charge in [-0.1, -0.05) is 28.1 Å². The molecule has 2 aromatic carbocycles. The van der Waals surface area contributed by atoms with Crippen LogP contribution in [0.1, 0.15) is 5.56 Å². The Hall–Kier alpha value is -2.94. The Morgan fingerprint density at radius 1 is 1.19 bits per heavy atom. The SMILES string of the molecule is Cc1ccc(NC(=O)COC(=O)COc2cccc(Br)c2)c([N+](=O)[O-])c1. The van der Waals surface area contributed by atoms with Crippen LogP contribution in [0.3, 0.4) is 0 Å². The van der Waals surface area contributed by atoms with E-state index in [4.69, 9.17) is 9.47 Å². The second-order valence-electron chi connectivity index (χ2n) is 5.23. The Morgan fingerprint density at radius 3 is 2.65 bits per heavy atom. The average Bonchev–Trinajstić information content (AvgIpc) is 2.59. The summed E-state index contributed by atoms with van der Waals surface area (Å²) in [6.07, 6.45) is 0. The molecular formula is C17H15BrN2O6. The minimum absolute atomic E-state index is 0.0343. The van der Waals surface area contributed by atoms with Crippen molar-refractivity contribution in [3.63, 3.8) is 0 Å². The third-order valence-corrected chi connectivity index (χ3v) is 3.63. The Kier molecular flexibility index (Phi) is 6.67. The normalized spacial score (nSPS) is 10.1. The van der Waals surface area contributed by atoms with Gasteiger partial charge in [0.2, 0.25) is 0 Å². The number of aryl methyl sites for hydroxylation is 1. The first-order chi connectivity index (χ1) is 12.3. The molecular weight excluding hydrogens is 408 g/mol. The molecule has 0 heterocycles. The monoisotopic (exact) mass is 422 g/mol. The van der Waals surface area contributed by atoms with Gasteiger partial charge >= 0.3 is 5.97 Å². The minimum atomic E-state index is -0.737. The van der Waals surface area contributed by atoms with Crippen molar-refractivity contribution in [1.29, 1.82) is 0 Å². The number of nitrogens with one attached hydrogen (secondary N) is 1. The Bertz CT molecular complexity index is 840. The van der Waals surface area contributed by atoms with Gasteiger partial charge in [0.15, 0.2) is 13.2 Å². The number of nitro benzene ring substituents is 1. The number of benzene rings is 2. The van der Waals surface area contributed by atoms with Crippen molar-refractivity contribution in [3.8, 4) is 5.75 Å². The van der Waals surface area contributed by atoms with Gasteiger partial charge in [0.05, 0.1) is 4.92 Å². The van der Waals surface area contributed by atoms with Crippen LogP contribution in [0.25, 0.3) is 0 Å². The smallest absolute Gasteiger partial charge is 0.344 e. The van der Waals surface area contributed by atoms with Gasteiger partial charge in [0.25, 0.3) is 11.6 Å². The number of halogens is 1. The van der Waals surface area contributed by atoms with E-state index in [0.717, 1.165) is 4.47 Å². The number of rotatable bonds is 7. The molecule has 0 bridgehead atoms. The summed E-state index contributed by atoms with van der Waals surface area (Å²) in [6, 6.07) is 11.3. The number of esters is 1. The summed E-state index contributed by atoms with van der Waals surface area (Å²) in [7, 11) is 0. The van der Waals surface area contributed by atoms with E-state index in [9.17, 15) is 19.7 Å². The lowest BCUT2D eigenvalue weighted by Crippen LogP contribution is -2.24. The molecule has 9 heteroatoms. The molecule has 8 nitrogen and oxygen atoms in total. The molecule has 0 aliphatic rings. The topological polar surface area (TPSA) is 108 Å². The van der Waals surface area contributed by atoms with Crippen LogP contribution in [-0.2, 0) is 14.3 Å². The summed E-state index contributed by atoms with van der Waals surface area (Å²) >= 11 is 3.27. The predicted molar refractivity (Wildman–Crippen MR) is 97.1 cm³/mol. The Labute approximate surface area is 157 Å². The molecule has 0 aromatic heterocycles. The highest BCUT2D eigenvalue weighted by molar-refractivity contribution is 9.10. The summed E-state index contributed by atoms with van der Waals surface area (Å²) in [6.45, 7) is 0.756. The summed E-state index contributed by atoms with van der Waals surface area (Å²) in [5.41, 5.74) is 0.487. The lowest BCUT2D eigenvalue weighted by Gasteiger charge is -2.08. The van der Waals surface area contributed by atoms with E-state index in [1.165, 1.54) is 12.1 Å². The van der Waals surface area contributed by atoms with Gasteiger partial charge in [0.1, 0.15) is 11.4 Å². The van der Waals surface area contributed by atoms with Crippen molar-refractivity contribution in [3.05, 3.63) is 62.6 Å². The molecule has 0 saturated heterocycles. The molecule has 1 N–H and O–H groups in total. The lowest BCUT2D eigenvalue weighted by molar-refractivity contribution is -0.384. The molecule has 2 aromatic rings. The summed E-state index contributed by atoms with van der Waals surface area (Å²) in [5.74, 6) is -0.956. The van der Waals surface area contributed by atoms with Gasteiger partial charge in [-0.2, -0.15) is 0 Å². The number of anilines is 1. The third kappa shape index (κ3) is 5.85. The first-order valence-corrected chi connectivity index (χ1v) is 8.23. The fraction of sp³-hybridized carbons (Fsp3) is 0.176. The first kappa shape index (κ1) is 19.4. The number of amides is 1. The fourth-order valence-corrected chi connectivity index (χ4v) is 2.35. The number of ether oxygens (including phenoxy) is 2. The summed E-state index contributed by atoms with van der Waals surface area (Å²) < 4.78 is 10.8. The molecule has 0 aliphatic carbocycles. The number of hydrogen-bond acceptors (Lipinski definition) is 6. The summed E-state index contributed by atoms with van der Waals surface area (Å²) in [5, 5.41) is 13.4. The molecule has 0 fully saturated rings. The minimum Gasteiger partial charge on any atom is -0.482 e. The van der Waals surface area contributed by atoms with E-state index in [2.05, 4.69) is 21.2 Å². The van der Waals surface area contributed by atoms with E-state index in [0.29, 0.717) is 11.3 Å². The van der Waals surface area contributed by atoms with Crippen LogP contribution >= 0.6 is 15.9 Å². The predicted octanol–water partition coefficient (Wildman–Crippen LogP) is 3.23. The molecule has 0 saturated carbocycles. The molecule has 0 atom stereocenters. The maximum Gasteiger partial charge on any atom is 0.344 e. The highest BCUT2D eigenvalue weighted by Crippen LogP contribution is 2.25. The van der Waals surface area contributed by atoms with Gasteiger partial charge < -0.3 is 14.8 Å². The molecule has 2 rings (SSSR count). The maximum absolute atomic E-state index is 11.8. The molecule has 136 valence electrons. The zero-order valence-corrected chi connectivity index (χ0v) is 15.3. The van der Waals surface area contributed by atoms with E-state index in [-0.39, 0.29) is 18.0 Å². The van der Waals surface area contributed by atoms with Crippen LogP contribution in [0.2, 0.25) is 0 Å². The van der Waals surface area contributed by atoms with Crippen LogP contribution in [0, 0.1) is 17.0 Å². The fourth-order valence-electron chi connectivity index (χ4n) is 1.97. The number of nitro groups is 1. The van der Waals surface area contributed by atoms with Gasteiger partial charge in [0, 0.05) is 10.5 Å². The van der Waals surface area contributed by atoms with E-state index < -0.39 is 23.4 Å². The second-order valence-corrected chi connectivity index (χ2v) is 6.15. The largest absolute Gasteiger partial charge is 0.482 e. The van der Waals surface area contributed by atoms with Gasteiger partial charge in [-0.3, -0.25) is 14.9 Å². The van der Waals surface area contributed by atoms with Gasteiger partial charge in [-0.05, 0) is 36.8 Å². The number of carbonyl (C=O) groups excluding carboxylic acids is 2. The van der Waals surface area contributed by atoms with Crippen molar-refractivity contribution < 1.29 is 24.0 Å². The summed E-state index contributed by atoms with van der Waals surface area (Å²) in [4.78, 5) is 33.9. The Morgan fingerprint density at radius 2 is 1.96 bits per heavy atom. The van der Waals surface area contributed by atoms with Crippen molar-refractivity contribution in [1.82, 2.24) is 0 Å². The van der Waals surface area contributed by atoms with E-state index in [1.807, 2.05) is 0 Å². The molecule has 26 heavy (non-hydrogen) atoms. The average molecular weight is 423 g/mol. The third-order valence-electron chi connectivity index (χ3n) is 3.14. The number of hydrogen-bond donors (Lipinski definition) is 1. The van der Waals surface area contributed by atoms with Gasteiger partial charge in [-0.15, -0.1) is 0 Å². The first-order valence-electron chi connectivity index (χ1n) is 7.44. The van der Waals surface area contributed by atoms with Crippen LogP contribution in [0.4, 0.5) is 11.4 Å². The molecule has 0 spiro atoms. The zero-order valence-electron chi connectivity index (χ0n) is 13.7. The van der Waals surface area contributed by atoms with Crippen LogP contribution < -0.4 is 10.1 Å². The molecule has 0 aliphatic heterocycles. The van der Waals surface area contributed by atoms with E-state index >= 15 is 0 Å². The van der Waals surface area contributed by atoms with Crippen LogP contribution in [-0.4, -0.2) is 30.0 Å². The highest BCUT2D eigenvalue weighted by Gasteiger charge is 2.17. The van der Waals surface area contributed by atoms with Crippen molar-refractivity contribution in [2.24, 2.45) is 0 Å². The van der Waals surface area contributed by atoms with Crippen molar-refractivity contribution in [2.45, 2.75) is 6.92 Å².